The van der Waals surface area contributed by atoms with Gasteiger partial charge in [0.15, 0.2) is 0 Å². The summed E-state index contributed by atoms with van der Waals surface area (Å²) in [6.45, 7) is 1.27. The summed E-state index contributed by atoms with van der Waals surface area (Å²) in [5.74, 6) is -0.0166. The molecule has 19 heavy (non-hydrogen) atoms. The summed E-state index contributed by atoms with van der Waals surface area (Å²) < 4.78 is 5.36. The van der Waals surface area contributed by atoms with Crippen LogP contribution in [0.3, 0.4) is 0 Å². The minimum Gasteiger partial charge on any atom is -0.372 e. The monoisotopic (exact) mass is 260 g/mol. The van der Waals surface area contributed by atoms with Crippen LogP contribution in [-0.2, 0) is 18.0 Å². The number of rotatable bonds is 2. The molecule has 3 N–H and O–H groups in total. The maximum absolute atomic E-state index is 12.3. The minimum absolute atomic E-state index is 0.0166. The van der Waals surface area contributed by atoms with Crippen molar-refractivity contribution in [2.75, 3.05) is 0 Å². The number of nitrogens with one attached hydrogen (secondary N) is 1. The highest BCUT2D eigenvalue weighted by Crippen LogP contribution is 2.22. The maximum Gasteiger partial charge on any atom is 0.251 e. The van der Waals surface area contributed by atoms with Gasteiger partial charge in [0.1, 0.15) is 0 Å². The van der Waals surface area contributed by atoms with Crippen molar-refractivity contribution in [1.29, 1.82) is 0 Å². The van der Waals surface area contributed by atoms with E-state index >= 15 is 0 Å². The van der Waals surface area contributed by atoms with E-state index in [1.165, 1.54) is 12.0 Å². The smallest absolute Gasteiger partial charge is 0.251 e. The summed E-state index contributed by atoms with van der Waals surface area (Å²) >= 11 is 0. The van der Waals surface area contributed by atoms with Gasteiger partial charge in [-0.1, -0.05) is 18.9 Å². The van der Waals surface area contributed by atoms with Crippen molar-refractivity contribution in [2.24, 2.45) is 5.73 Å². The Bertz CT molecular complexity index is 487. The summed E-state index contributed by atoms with van der Waals surface area (Å²) in [6.07, 6.45) is 4.31. The molecule has 1 aliphatic heterocycles. The highest BCUT2D eigenvalue weighted by Gasteiger charge is 2.24. The number of carbonyl (C=O) groups is 1. The van der Waals surface area contributed by atoms with Gasteiger partial charge in [0.05, 0.1) is 13.2 Å². The van der Waals surface area contributed by atoms with Gasteiger partial charge in [-0.3, -0.25) is 4.79 Å². The van der Waals surface area contributed by atoms with Crippen LogP contribution in [0.2, 0.25) is 0 Å². The zero-order valence-electron chi connectivity index (χ0n) is 11.0. The molecule has 0 spiro atoms. The number of nitrogens with two attached hydrogens (primary N) is 1. The quantitative estimate of drug-likeness (QED) is 0.851. The van der Waals surface area contributed by atoms with Crippen molar-refractivity contribution in [3.63, 3.8) is 0 Å². The lowest BCUT2D eigenvalue weighted by molar-refractivity contribution is 0.0921. The molecule has 4 heteroatoms. The van der Waals surface area contributed by atoms with Gasteiger partial charge in [-0.2, -0.15) is 0 Å². The van der Waals surface area contributed by atoms with E-state index in [2.05, 4.69) is 5.32 Å². The number of benzene rings is 1. The Morgan fingerprint density at radius 1 is 1.21 bits per heavy atom. The van der Waals surface area contributed by atoms with Gasteiger partial charge in [0.25, 0.3) is 5.91 Å². The van der Waals surface area contributed by atoms with Crippen molar-refractivity contribution in [1.82, 2.24) is 5.32 Å². The van der Waals surface area contributed by atoms with Gasteiger partial charge in [-0.15, -0.1) is 0 Å². The molecule has 2 aliphatic rings. The average molecular weight is 260 g/mol. The topological polar surface area (TPSA) is 64.3 Å². The second-order valence-electron chi connectivity index (χ2n) is 5.50. The fourth-order valence-corrected chi connectivity index (χ4v) is 2.90. The molecule has 1 aromatic carbocycles. The molecular formula is C15H20N2O2. The van der Waals surface area contributed by atoms with Crippen molar-refractivity contribution >= 4 is 5.91 Å². The Morgan fingerprint density at radius 2 is 2.00 bits per heavy atom. The molecule has 0 aromatic heterocycles. The van der Waals surface area contributed by atoms with E-state index in [9.17, 15) is 4.79 Å². The van der Waals surface area contributed by atoms with Gasteiger partial charge in [-0.05, 0) is 36.1 Å². The van der Waals surface area contributed by atoms with Crippen molar-refractivity contribution in [3.8, 4) is 0 Å². The Balaban J connectivity index is 1.70. The van der Waals surface area contributed by atoms with Gasteiger partial charge in [0, 0.05) is 17.6 Å². The number of carbonyl (C=O) groups excluding carboxylic acids is 1. The highest BCUT2D eigenvalue weighted by molar-refractivity contribution is 5.94. The molecule has 1 amide bonds. The predicted molar refractivity (Wildman–Crippen MR) is 72.6 cm³/mol. The zero-order chi connectivity index (χ0) is 13.2. The molecule has 3 rings (SSSR count). The Hall–Kier alpha value is -1.39. The first-order valence-corrected chi connectivity index (χ1v) is 7.00. The van der Waals surface area contributed by atoms with Crippen LogP contribution in [0.1, 0.15) is 47.2 Å². The summed E-state index contributed by atoms with van der Waals surface area (Å²) in [4.78, 5) is 12.3. The number of amides is 1. The lowest BCUT2D eigenvalue weighted by atomic mass is 9.91. The zero-order valence-corrected chi connectivity index (χ0v) is 11.0. The first kappa shape index (κ1) is 12.6. The molecule has 0 saturated heterocycles. The molecule has 1 aliphatic carbocycles. The van der Waals surface area contributed by atoms with Crippen LogP contribution in [0.4, 0.5) is 0 Å². The standard InChI is InChI=1S/C15H20N2O2/c16-13-3-1-2-4-14(13)17-15(18)10-5-6-11-8-19-9-12(11)7-10/h5-7,13-14H,1-4,8-9,16H2,(H,17,18)/t13-,14-/m1/s1. The van der Waals surface area contributed by atoms with Crippen LogP contribution in [0.5, 0.6) is 0 Å². The molecule has 0 radical (unpaired) electrons. The first-order valence-electron chi connectivity index (χ1n) is 7.00. The first-order chi connectivity index (χ1) is 9.24. The van der Waals surface area contributed by atoms with Gasteiger partial charge in [-0.25, -0.2) is 0 Å². The molecular weight excluding hydrogens is 240 g/mol. The van der Waals surface area contributed by atoms with E-state index in [4.69, 9.17) is 10.5 Å². The molecule has 1 aromatic rings. The second kappa shape index (κ2) is 5.31. The summed E-state index contributed by atoms with van der Waals surface area (Å²) in [5.41, 5.74) is 9.08. The number of ether oxygens (including phenoxy) is 1. The fourth-order valence-electron chi connectivity index (χ4n) is 2.90. The predicted octanol–water partition coefficient (Wildman–Crippen LogP) is 1.72. The lowest BCUT2D eigenvalue weighted by Gasteiger charge is -2.29. The molecule has 0 bridgehead atoms. The number of fused-ring (bicyclic) bond motifs is 1. The summed E-state index contributed by atoms with van der Waals surface area (Å²) in [5, 5.41) is 3.07. The molecule has 2 atom stereocenters. The average Bonchev–Trinajstić information content (AvgIpc) is 2.88. The van der Waals surface area contributed by atoms with Gasteiger partial charge >= 0.3 is 0 Å². The lowest BCUT2D eigenvalue weighted by Crippen LogP contribution is -2.49. The molecule has 1 fully saturated rings. The Kier molecular flexibility index (Phi) is 3.53. The van der Waals surface area contributed by atoms with E-state index < -0.39 is 0 Å². The van der Waals surface area contributed by atoms with Crippen LogP contribution < -0.4 is 11.1 Å². The summed E-state index contributed by atoms with van der Waals surface area (Å²) in [7, 11) is 0. The van der Waals surface area contributed by atoms with Gasteiger partial charge in [0.2, 0.25) is 0 Å². The van der Waals surface area contributed by atoms with E-state index in [0.29, 0.717) is 18.8 Å². The molecule has 1 saturated carbocycles. The molecule has 4 nitrogen and oxygen atoms in total. The molecule has 102 valence electrons. The normalized spacial score (nSPS) is 25.9. The van der Waals surface area contributed by atoms with Crippen molar-refractivity contribution in [2.45, 2.75) is 51.0 Å². The largest absolute Gasteiger partial charge is 0.372 e. The summed E-state index contributed by atoms with van der Waals surface area (Å²) in [6, 6.07) is 6.00. The van der Waals surface area contributed by atoms with Crippen LogP contribution >= 0.6 is 0 Å². The van der Waals surface area contributed by atoms with Crippen LogP contribution in [-0.4, -0.2) is 18.0 Å². The number of hydrogen-bond donors (Lipinski definition) is 2. The van der Waals surface area contributed by atoms with Crippen LogP contribution in [0.15, 0.2) is 18.2 Å². The van der Waals surface area contributed by atoms with E-state index in [1.54, 1.807) is 0 Å². The fraction of sp³-hybridized carbons (Fsp3) is 0.533. The van der Waals surface area contributed by atoms with E-state index in [1.807, 2.05) is 18.2 Å². The van der Waals surface area contributed by atoms with Gasteiger partial charge < -0.3 is 15.8 Å². The minimum atomic E-state index is -0.0166. The SMILES string of the molecule is N[C@@H]1CCCC[C@H]1NC(=O)c1ccc2c(c1)COC2. The Labute approximate surface area is 113 Å². The molecule has 1 heterocycles. The Morgan fingerprint density at radius 3 is 2.84 bits per heavy atom. The maximum atomic E-state index is 12.3. The van der Waals surface area contributed by atoms with Crippen LogP contribution in [0, 0.1) is 0 Å². The molecule has 0 unspecified atom stereocenters. The van der Waals surface area contributed by atoms with Crippen molar-refractivity contribution in [3.05, 3.63) is 34.9 Å². The third kappa shape index (κ3) is 2.65. The van der Waals surface area contributed by atoms with E-state index in [-0.39, 0.29) is 18.0 Å². The van der Waals surface area contributed by atoms with Crippen LogP contribution in [0.25, 0.3) is 0 Å². The second-order valence-corrected chi connectivity index (χ2v) is 5.50. The van der Waals surface area contributed by atoms with Crippen molar-refractivity contribution < 1.29 is 9.53 Å². The third-order valence-electron chi connectivity index (χ3n) is 4.12. The highest BCUT2D eigenvalue weighted by atomic mass is 16.5. The number of hydrogen-bond acceptors (Lipinski definition) is 3. The van der Waals surface area contributed by atoms with E-state index in [0.717, 1.165) is 24.8 Å². The third-order valence-corrected chi connectivity index (χ3v) is 4.12.